The zero-order valence-electron chi connectivity index (χ0n) is 13.4. The predicted molar refractivity (Wildman–Crippen MR) is 86.9 cm³/mol. The van der Waals surface area contributed by atoms with E-state index in [2.05, 4.69) is 4.72 Å². The van der Waals surface area contributed by atoms with Crippen molar-refractivity contribution in [2.75, 3.05) is 24.7 Å². The first kappa shape index (κ1) is 16.4. The van der Waals surface area contributed by atoms with Gasteiger partial charge in [-0.1, -0.05) is 0 Å². The van der Waals surface area contributed by atoms with Gasteiger partial charge in [0, 0.05) is 31.8 Å². The van der Waals surface area contributed by atoms with E-state index in [0.29, 0.717) is 26.2 Å². The van der Waals surface area contributed by atoms with Gasteiger partial charge in [-0.25, -0.2) is 13.1 Å². The summed E-state index contributed by atoms with van der Waals surface area (Å²) in [4.78, 5) is 13.7. The second-order valence-electron chi connectivity index (χ2n) is 6.31. The molecule has 3 rings (SSSR count). The van der Waals surface area contributed by atoms with Gasteiger partial charge in [0.15, 0.2) is 0 Å². The van der Waals surface area contributed by atoms with Crippen LogP contribution in [0.25, 0.3) is 0 Å². The van der Waals surface area contributed by atoms with Gasteiger partial charge >= 0.3 is 0 Å². The summed E-state index contributed by atoms with van der Waals surface area (Å²) in [5.74, 6) is 0.221. The van der Waals surface area contributed by atoms with Crippen molar-refractivity contribution in [2.45, 2.75) is 37.6 Å². The molecule has 1 fully saturated rings. The molecule has 0 spiro atoms. The minimum atomic E-state index is -3.53. The number of nitrogens with zero attached hydrogens (tertiary/aromatic N) is 1. The molecule has 6 nitrogen and oxygen atoms in total. The second kappa shape index (κ2) is 6.22. The number of fused-ring (bicyclic) bond motifs is 1. The highest BCUT2D eigenvalue weighted by atomic mass is 32.2. The Morgan fingerprint density at radius 2 is 2.22 bits per heavy atom. The van der Waals surface area contributed by atoms with Crippen LogP contribution in [0.2, 0.25) is 0 Å². The molecule has 0 bridgehead atoms. The van der Waals surface area contributed by atoms with Gasteiger partial charge in [0.1, 0.15) is 0 Å². The van der Waals surface area contributed by atoms with Crippen LogP contribution in [0.15, 0.2) is 23.1 Å². The minimum Gasteiger partial charge on any atom is -0.381 e. The number of hydrogen-bond acceptors (Lipinski definition) is 4. The van der Waals surface area contributed by atoms with E-state index in [4.69, 9.17) is 4.74 Å². The first-order valence-corrected chi connectivity index (χ1v) is 9.37. The Morgan fingerprint density at radius 1 is 1.43 bits per heavy atom. The Kier molecular flexibility index (Phi) is 4.44. The summed E-state index contributed by atoms with van der Waals surface area (Å²) in [6.45, 7) is 5.20. The van der Waals surface area contributed by atoms with Crippen LogP contribution in [0.4, 0.5) is 5.69 Å². The van der Waals surface area contributed by atoms with Crippen LogP contribution in [-0.4, -0.2) is 40.1 Å². The molecule has 126 valence electrons. The first-order chi connectivity index (χ1) is 10.9. The third-order valence-corrected chi connectivity index (χ3v) is 5.92. The normalized spacial score (nSPS) is 24.0. The Bertz CT molecular complexity index is 711. The fourth-order valence-electron chi connectivity index (χ4n) is 3.31. The van der Waals surface area contributed by atoms with Crippen LogP contribution in [0, 0.1) is 5.92 Å². The van der Waals surface area contributed by atoms with Crippen molar-refractivity contribution in [1.29, 1.82) is 0 Å². The van der Waals surface area contributed by atoms with Crippen LogP contribution < -0.4 is 9.62 Å². The van der Waals surface area contributed by atoms with Crippen molar-refractivity contribution >= 4 is 21.6 Å². The van der Waals surface area contributed by atoms with Gasteiger partial charge in [0.2, 0.25) is 15.9 Å². The lowest BCUT2D eigenvalue weighted by atomic mass is 10.1. The molecule has 2 atom stereocenters. The number of carbonyl (C=O) groups is 1. The predicted octanol–water partition coefficient (Wildman–Crippen LogP) is 1.30. The molecule has 2 aliphatic heterocycles. The Hall–Kier alpha value is -1.44. The molecule has 1 amide bonds. The van der Waals surface area contributed by atoms with Crippen molar-refractivity contribution in [2.24, 2.45) is 5.92 Å². The summed E-state index contributed by atoms with van der Waals surface area (Å²) < 4.78 is 32.8. The van der Waals surface area contributed by atoms with Crippen LogP contribution in [0.3, 0.4) is 0 Å². The molecule has 1 N–H and O–H groups in total. The SMILES string of the molecule is CC(=O)N1c2ccc(S(=O)(=O)NC[C@@H]3CCOC3)cc2C[C@H]1C. The van der Waals surface area contributed by atoms with Crippen LogP contribution in [-0.2, 0) is 26.0 Å². The smallest absolute Gasteiger partial charge is 0.240 e. The lowest BCUT2D eigenvalue weighted by molar-refractivity contribution is -0.116. The molecule has 2 aliphatic rings. The Balaban J connectivity index is 1.79. The number of hydrogen-bond donors (Lipinski definition) is 1. The number of nitrogens with one attached hydrogen (secondary N) is 1. The summed E-state index contributed by atoms with van der Waals surface area (Å²) in [5.41, 5.74) is 1.72. The highest BCUT2D eigenvalue weighted by molar-refractivity contribution is 7.89. The quantitative estimate of drug-likeness (QED) is 0.898. The molecule has 0 aromatic heterocycles. The van der Waals surface area contributed by atoms with E-state index in [9.17, 15) is 13.2 Å². The summed E-state index contributed by atoms with van der Waals surface area (Å²) in [5, 5.41) is 0. The topological polar surface area (TPSA) is 75.7 Å². The Labute approximate surface area is 136 Å². The van der Waals surface area contributed by atoms with E-state index in [1.54, 1.807) is 23.1 Å². The fraction of sp³-hybridized carbons (Fsp3) is 0.562. The van der Waals surface area contributed by atoms with Crippen LogP contribution >= 0.6 is 0 Å². The van der Waals surface area contributed by atoms with E-state index >= 15 is 0 Å². The number of carbonyl (C=O) groups excluding carboxylic acids is 1. The monoisotopic (exact) mass is 338 g/mol. The maximum atomic E-state index is 12.5. The van der Waals surface area contributed by atoms with Crippen LogP contribution in [0.1, 0.15) is 25.8 Å². The van der Waals surface area contributed by atoms with Gasteiger partial charge in [0.25, 0.3) is 0 Å². The van der Waals surface area contributed by atoms with E-state index < -0.39 is 10.0 Å². The maximum absolute atomic E-state index is 12.5. The van der Waals surface area contributed by atoms with Crippen molar-refractivity contribution in [1.82, 2.24) is 4.72 Å². The average molecular weight is 338 g/mol. The second-order valence-corrected chi connectivity index (χ2v) is 8.08. The van der Waals surface area contributed by atoms with Crippen molar-refractivity contribution in [3.05, 3.63) is 23.8 Å². The third kappa shape index (κ3) is 3.27. The molecule has 1 aromatic carbocycles. The van der Waals surface area contributed by atoms with Gasteiger partial charge in [-0.3, -0.25) is 4.79 Å². The van der Waals surface area contributed by atoms with Crippen molar-refractivity contribution in [3.8, 4) is 0 Å². The van der Waals surface area contributed by atoms with Gasteiger partial charge < -0.3 is 9.64 Å². The highest BCUT2D eigenvalue weighted by Crippen LogP contribution is 2.33. The average Bonchev–Trinajstić information content (AvgIpc) is 3.10. The fourth-order valence-corrected chi connectivity index (χ4v) is 4.48. The van der Waals surface area contributed by atoms with E-state index in [1.807, 2.05) is 6.92 Å². The highest BCUT2D eigenvalue weighted by Gasteiger charge is 2.30. The zero-order valence-corrected chi connectivity index (χ0v) is 14.2. The standard InChI is InChI=1S/C16H22N2O4S/c1-11-7-14-8-15(3-4-16(14)18(11)12(2)19)23(20,21)17-9-13-5-6-22-10-13/h3-4,8,11,13,17H,5-7,9-10H2,1-2H3/t11-,13+/m1/s1. The number of anilines is 1. The van der Waals surface area contributed by atoms with Gasteiger partial charge in [-0.05, 0) is 49.4 Å². The largest absolute Gasteiger partial charge is 0.381 e. The molecule has 1 aromatic rings. The number of rotatable bonds is 4. The number of ether oxygens (including phenoxy) is 1. The molecular formula is C16H22N2O4S. The van der Waals surface area contributed by atoms with E-state index in [-0.39, 0.29) is 22.8 Å². The number of amides is 1. The lowest BCUT2D eigenvalue weighted by Gasteiger charge is -2.20. The summed E-state index contributed by atoms with van der Waals surface area (Å²) >= 11 is 0. The first-order valence-electron chi connectivity index (χ1n) is 7.88. The van der Waals surface area contributed by atoms with Gasteiger partial charge in [-0.15, -0.1) is 0 Å². The third-order valence-electron chi connectivity index (χ3n) is 4.50. The van der Waals surface area contributed by atoms with E-state index in [1.165, 1.54) is 6.92 Å². The van der Waals surface area contributed by atoms with Crippen molar-refractivity contribution < 1.29 is 17.9 Å². The number of benzene rings is 1. The maximum Gasteiger partial charge on any atom is 0.240 e. The molecule has 0 unspecified atom stereocenters. The molecule has 23 heavy (non-hydrogen) atoms. The van der Waals surface area contributed by atoms with Crippen LogP contribution in [0.5, 0.6) is 0 Å². The molecule has 0 aliphatic carbocycles. The molecule has 1 saturated heterocycles. The summed E-state index contributed by atoms with van der Waals surface area (Å²) in [6.07, 6.45) is 1.56. The van der Waals surface area contributed by atoms with Gasteiger partial charge in [0.05, 0.1) is 11.5 Å². The zero-order chi connectivity index (χ0) is 16.6. The molecule has 2 heterocycles. The summed E-state index contributed by atoms with van der Waals surface area (Å²) in [6, 6.07) is 5.04. The van der Waals surface area contributed by atoms with E-state index in [0.717, 1.165) is 17.7 Å². The molecular weight excluding hydrogens is 316 g/mol. The Morgan fingerprint density at radius 3 is 2.87 bits per heavy atom. The lowest BCUT2D eigenvalue weighted by Crippen LogP contribution is -2.33. The number of sulfonamides is 1. The van der Waals surface area contributed by atoms with Gasteiger partial charge in [-0.2, -0.15) is 0 Å². The molecule has 0 radical (unpaired) electrons. The molecule has 0 saturated carbocycles. The molecule has 7 heteroatoms. The summed E-state index contributed by atoms with van der Waals surface area (Å²) in [7, 11) is -3.53. The van der Waals surface area contributed by atoms with Crippen molar-refractivity contribution in [3.63, 3.8) is 0 Å². The minimum absolute atomic E-state index is 0.0220.